The van der Waals surface area contributed by atoms with E-state index in [-0.39, 0.29) is 13.0 Å². The Kier molecular flexibility index (Phi) is 6.04. The van der Waals surface area contributed by atoms with Gasteiger partial charge < -0.3 is 10.3 Å². The zero-order valence-electron chi connectivity index (χ0n) is 16.3. The number of nitrogens with one attached hydrogen (secondary N) is 2. The van der Waals surface area contributed by atoms with Crippen molar-refractivity contribution in [2.75, 3.05) is 6.54 Å². The van der Waals surface area contributed by atoms with E-state index in [1.807, 2.05) is 0 Å². The highest BCUT2D eigenvalue weighted by Crippen LogP contribution is 2.23. The number of aromatic amines is 1. The number of hydrogen-bond acceptors (Lipinski definition) is 4. The molecule has 0 aliphatic rings. The molecule has 0 aliphatic heterocycles. The van der Waals surface area contributed by atoms with E-state index in [1.165, 1.54) is 4.57 Å². The van der Waals surface area contributed by atoms with Crippen LogP contribution in [0.3, 0.4) is 0 Å². The van der Waals surface area contributed by atoms with Gasteiger partial charge in [0.2, 0.25) is 0 Å². The second-order valence-corrected chi connectivity index (χ2v) is 8.03. The number of benzene rings is 1. The van der Waals surface area contributed by atoms with Crippen LogP contribution >= 0.6 is 34.8 Å². The summed E-state index contributed by atoms with van der Waals surface area (Å²) in [4.78, 5) is 37.3. The maximum atomic E-state index is 13.0. The molecular formula is C20H17Cl3N6O2. The molecule has 8 nitrogen and oxygen atoms in total. The van der Waals surface area contributed by atoms with E-state index >= 15 is 0 Å². The Labute approximate surface area is 191 Å². The first-order valence-electron chi connectivity index (χ1n) is 9.40. The molecule has 4 rings (SSSR count). The molecule has 0 radical (unpaired) electrons. The molecule has 0 atom stereocenters. The molecular weight excluding hydrogens is 463 g/mol. The number of H-pyrrole nitrogens is 1. The molecule has 3 heterocycles. The Morgan fingerprint density at radius 1 is 1.16 bits per heavy atom. The van der Waals surface area contributed by atoms with Crippen molar-refractivity contribution in [1.29, 1.82) is 0 Å². The zero-order chi connectivity index (χ0) is 22.1. The normalized spacial score (nSPS) is 11.2. The number of hydrogen-bond donors (Lipinski definition) is 2. The van der Waals surface area contributed by atoms with Gasteiger partial charge in [-0.25, -0.2) is 24.1 Å². The summed E-state index contributed by atoms with van der Waals surface area (Å²) in [6.07, 6.45) is 1.89. The van der Waals surface area contributed by atoms with Crippen molar-refractivity contribution in [3.05, 3.63) is 79.3 Å². The third-order valence-electron chi connectivity index (χ3n) is 4.63. The fraction of sp³-hybridized carbons (Fsp3) is 0.200. The van der Waals surface area contributed by atoms with Crippen molar-refractivity contribution in [1.82, 2.24) is 29.4 Å². The van der Waals surface area contributed by atoms with Crippen molar-refractivity contribution in [2.45, 2.75) is 19.9 Å². The van der Waals surface area contributed by atoms with Crippen LogP contribution in [-0.4, -0.2) is 36.7 Å². The highest BCUT2D eigenvalue weighted by Gasteiger charge is 2.19. The van der Waals surface area contributed by atoms with Crippen LogP contribution < -0.4 is 11.0 Å². The predicted octanol–water partition coefficient (Wildman–Crippen LogP) is 4.10. The highest BCUT2D eigenvalue weighted by molar-refractivity contribution is 6.35. The molecule has 160 valence electrons. The van der Waals surface area contributed by atoms with Crippen LogP contribution in [0.2, 0.25) is 15.2 Å². The van der Waals surface area contributed by atoms with Crippen LogP contribution in [0.25, 0.3) is 11.2 Å². The molecule has 1 aromatic carbocycles. The minimum absolute atomic E-state index is 0.126. The number of fused-ring (bicyclic) bond motifs is 1. The van der Waals surface area contributed by atoms with Gasteiger partial charge in [-0.05, 0) is 36.8 Å². The Morgan fingerprint density at radius 2 is 1.97 bits per heavy atom. The summed E-state index contributed by atoms with van der Waals surface area (Å²) in [7, 11) is 0. The van der Waals surface area contributed by atoms with E-state index in [1.54, 1.807) is 43.5 Å². The second kappa shape index (κ2) is 8.74. The van der Waals surface area contributed by atoms with Crippen LogP contribution in [0.4, 0.5) is 4.79 Å². The highest BCUT2D eigenvalue weighted by atomic mass is 35.5. The number of carbonyl (C=O) groups excluding carboxylic acids is 1. The van der Waals surface area contributed by atoms with Gasteiger partial charge in [-0.1, -0.05) is 40.9 Å². The summed E-state index contributed by atoms with van der Waals surface area (Å²) >= 11 is 18.2. The smallest absolute Gasteiger partial charge is 0.337 e. The van der Waals surface area contributed by atoms with Crippen molar-refractivity contribution >= 4 is 52.0 Å². The number of rotatable bonds is 5. The molecule has 0 saturated heterocycles. The number of nitrogens with zero attached hydrogens (tertiary/aromatic N) is 4. The van der Waals surface area contributed by atoms with Gasteiger partial charge in [-0.3, -0.25) is 4.57 Å². The molecule has 4 aromatic rings. The minimum atomic E-state index is -0.510. The topological polar surface area (TPSA) is 97.6 Å². The first-order valence-corrected chi connectivity index (χ1v) is 10.5. The largest absolute Gasteiger partial charge is 0.339 e. The molecule has 0 bridgehead atoms. The summed E-state index contributed by atoms with van der Waals surface area (Å²) in [6, 6.07) is 8.00. The van der Waals surface area contributed by atoms with Gasteiger partial charge in [0.05, 0.1) is 17.8 Å². The second-order valence-electron chi connectivity index (χ2n) is 6.80. The zero-order valence-corrected chi connectivity index (χ0v) is 18.6. The van der Waals surface area contributed by atoms with Crippen molar-refractivity contribution in [2.24, 2.45) is 0 Å². The Morgan fingerprint density at radius 3 is 2.71 bits per heavy atom. The Bertz CT molecular complexity index is 1340. The molecule has 31 heavy (non-hydrogen) atoms. The summed E-state index contributed by atoms with van der Waals surface area (Å²) < 4.78 is 2.51. The number of pyridine rings is 1. The van der Waals surface area contributed by atoms with Crippen LogP contribution in [0.1, 0.15) is 24.0 Å². The SMILES string of the molecule is CCNC(=O)n1c(Cc2ccc(Cl)cc2Cl)cn(Cc2nc3nc(Cl)ccc3[nH]2)c1=O. The summed E-state index contributed by atoms with van der Waals surface area (Å²) in [5, 5.41) is 3.95. The van der Waals surface area contributed by atoms with Gasteiger partial charge in [0.15, 0.2) is 5.65 Å². The first kappa shape index (κ1) is 21.4. The van der Waals surface area contributed by atoms with Gasteiger partial charge in [0, 0.05) is 29.2 Å². The van der Waals surface area contributed by atoms with Gasteiger partial charge in [-0.2, -0.15) is 0 Å². The molecule has 3 aromatic heterocycles. The maximum absolute atomic E-state index is 13.0. The average Bonchev–Trinajstić information content (AvgIpc) is 3.24. The van der Waals surface area contributed by atoms with E-state index in [4.69, 9.17) is 34.8 Å². The van der Waals surface area contributed by atoms with E-state index in [2.05, 4.69) is 20.3 Å². The molecule has 0 fully saturated rings. The van der Waals surface area contributed by atoms with E-state index in [0.717, 1.165) is 10.1 Å². The number of carbonyl (C=O) groups is 1. The van der Waals surface area contributed by atoms with Gasteiger partial charge >= 0.3 is 11.7 Å². The average molecular weight is 480 g/mol. The van der Waals surface area contributed by atoms with Crippen LogP contribution in [0.15, 0.2) is 41.3 Å². The summed E-state index contributed by atoms with van der Waals surface area (Å²) in [6.45, 7) is 2.29. The molecule has 1 amide bonds. The van der Waals surface area contributed by atoms with E-state index in [9.17, 15) is 9.59 Å². The minimum Gasteiger partial charge on any atom is -0.339 e. The number of amides is 1. The van der Waals surface area contributed by atoms with E-state index < -0.39 is 11.7 Å². The van der Waals surface area contributed by atoms with Crippen molar-refractivity contribution in [3.63, 3.8) is 0 Å². The summed E-state index contributed by atoms with van der Waals surface area (Å²) in [5.74, 6) is 0.510. The standard InChI is InChI=1S/C20H17Cl3N6O2/c1-2-24-19(30)29-13(7-11-3-4-12(21)8-14(11)22)9-28(20(29)31)10-17-25-15-5-6-16(23)26-18(15)27-17/h3-6,8-9H,2,7,10H2,1H3,(H,24,30)(H,25,26,27). The monoisotopic (exact) mass is 478 g/mol. The Balaban J connectivity index is 1.73. The van der Waals surface area contributed by atoms with E-state index in [0.29, 0.717) is 44.4 Å². The number of imidazole rings is 2. The number of halogens is 3. The number of aromatic nitrogens is 5. The predicted molar refractivity (Wildman–Crippen MR) is 120 cm³/mol. The lowest BCUT2D eigenvalue weighted by Crippen LogP contribution is -2.38. The van der Waals surface area contributed by atoms with Crippen molar-refractivity contribution < 1.29 is 4.79 Å². The van der Waals surface area contributed by atoms with Crippen LogP contribution in [-0.2, 0) is 13.0 Å². The molecule has 0 saturated carbocycles. The third kappa shape index (κ3) is 4.46. The lowest BCUT2D eigenvalue weighted by molar-refractivity contribution is 0.241. The summed E-state index contributed by atoms with van der Waals surface area (Å²) in [5.41, 5.74) is 1.88. The maximum Gasteiger partial charge on any atom is 0.337 e. The third-order valence-corrected chi connectivity index (χ3v) is 5.43. The Hall–Kier alpha value is -2.81. The van der Waals surface area contributed by atoms with Gasteiger partial charge in [0.1, 0.15) is 11.0 Å². The fourth-order valence-electron chi connectivity index (χ4n) is 3.25. The molecule has 2 N–H and O–H groups in total. The van der Waals surface area contributed by atoms with Crippen LogP contribution in [0, 0.1) is 0 Å². The van der Waals surface area contributed by atoms with Crippen LogP contribution in [0.5, 0.6) is 0 Å². The quantitative estimate of drug-likeness (QED) is 0.421. The fourth-order valence-corrected chi connectivity index (χ4v) is 3.86. The molecule has 0 unspecified atom stereocenters. The van der Waals surface area contributed by atoms with Crippen molar-refractivity contribution in [3.8, 4) is 0 Å². The molecule has 0 aliphatic carbocycles. The first-order chi connectivity index (χ1) is 14.9. The lowest BCUT2D eigenvalue weighted by Gasteiger charge is -2.08. The molecule has 0 spiro atoms. The van der Waals surface area contributed by atoms with Gasteiger partial charge in [0.25, 0.3) is 0 Å². The lowest BCUT2D eigenvalue weighted by atomic mass is 10.1. The van der Waals surface area contributed by atoms with Gasteiger partial charge in [-0.15, -0.1) is 0 Å². The molecule has 11 heteroatoms.